The van der Waals surface area contributed by atoms with Crippen LogP contribution in [0.25, 0.3) is 10.1 Å². The molecule has 2 rings (SSSR count). The third-order valence-corrected chi connectivity index (χ3v) is 3.53. The summed E-state index contributed by atoms with van der Waals surface area (Å²) in [7, 11) is 1.40. The Balaban J connectivity index is 0.00000144. The van der Waals surface area contributed by atoms with Crippen LogP contribution < -0.4 is 5.73 Å². The number of fused-ring (bicyclic) bond motifs is 1. The first-order valence-corrected chi connectivity index (χ1v) is 5.87. The van der Waals surface area contributed by atoms with Gasteiger partial charge in [0.1, 0.15) is 4.88 Å². The quantitative estimate of drug-likeness (QED) is 0.873. The van der Waals surface area contributed by atoms with Crippen molar-refractivity contribution in [2.45, 2.75) is 6.42 Å². The second-order valence-corrected chi connectivity index (χ2v) is 4.55. The third kappa shape index (κ3) is 2.77. The number of hydrogen-bond acceptors (Lipinski definition) is 4. The van der Waals surface area contributed by atoms with Gasteiger partial charge in [0.2, 0.25) is 0 Å². The second kappa shape index (κ2) is 6.00. The minimum Gasteiger partial charge on any atom is -0.465 e. The Bertz CT molecular complexity index is 524. The van der Waals surface area contributed by atoms with E-state index in [1.165, 1.54) is 24.0 Å². The van der Waals surface area contributed by atoms with E-state index in [9.17, 15) is 4.79 Å². The van der Waals surface area contributed by atoms with Gasteiger partial charge in [0.25, 0.3) is 0 Å². The average molecular weight is 272 g/mol. The normalized spacial score (nSPS) is 10.0. The van der Waals surface area contributed by atoms with Crippen LogP contribution in [0.5, 0.6) is 0 Å². The Kier molecular flexibility index (Phi) is 4.93. The molecule has 0 fully saturated rings. The standard InChI is InChI=1S/C12H13NO2S.ClH/c1-15-12(14)11-7-9-8(5-6-13)3-2-4-10(9)16-11;/h2-4,7H,5-6,13H2,1H3;1H. The lowest BCUT2D eigenvalue weighted by atomic mass is 10.1. The molecule has 2 N–H and O–H groups in total. The summed E-state index contributed by atoms with van der Waals surface area (Å²) < 4.78 is 5.82. The topological polar surface area (TPSA) is 52.3 Å². The molecule has 17 heavy (non-hydrogen) atoms. The van der Waals surface area contributed by atoms with Crippen molar-refractivity contribution in [3.05, 3.63) is 34.7 Å². The van der Waals surface area contributed by atoms with Crippen molar-refractivity contribution < 1.29 is 9.53 Å². The summed E-state index contributed by atoms with van der Waals surface area (Å²) in [6, 6.07) is 7.93. The maximum absolute atomic E-state index is 11.4. The fourth-order valence-electron chi connectivity index (χ4n) is 1.70. The number of rotatable bonds is 3. The molecule has 2 aromatic rings. The van der Waals surface area contributed by atoms with Crippen LogP contribution >= 0.6 is 23.7 Å². The number of methoxy groups -OCH3 is 1. The summed E-state index contributed by atoms with van der Waals surface area (Å²) in [5.41, 5.74) is 6.74. The lowest BCUT2D eigenvalue weighted by molar-refractivity contribution is 0.0606. The molecule has 0 aliphatic carbocycles. The first kappa shape index (κ1) is 14.0. The van der Waals surface area contributed by atoms with Gasteiger partial charge >= 0.3 is 5.97 Å². The van der Waals surface area contributed by atoms with Gasteiger partial charge in [0, 0.05) is 4.70 Å². The van der Waals surface area contributed by atoms with E-state index in [1.807, 2.05) is 24.3 Å². The van der Waals surface area contributed by atoms with Crippen LogP contribution in [0, 0.1) is 0 Å². The summed E-state index contributed by atoms with van der Waals surface area (Å²) in [6.07, 6.45) is 0.828. The van der Waals surface area contributed by atoms with E-state index in [4.69, 9.17) is 10.5 Å². The van der Waals surface area contributed by atoms with Gasteiger partial charge in [-0.25, -0.2) is 4.79 Å². The average Bonchev–Trinajstić information content (AvgIpc) is 2.73. The third-order valence-electron chi connectivity index (χ3n) is 2.45. The zero-order valence-electron chi connectivity index (χ0n) is 9.43. The molecule has 0 aliphatic rings. The van der Waals surface area contributed by atoms with E-state index in [0.29, 0.717) is 11.4 Å². The molecule has 0 unspecified atom stereocenters. The molecule has 1 aromatic heterocycles. The molecule has 0 saturated heterocycles. The van der Waals surface area contributed by atoms with Crippen molar-refractivity contribution >= 4 is 39.8 Å². The van der Waals surface area contributed by atoms with E-state index in [2.05, 4.69) is 0 Å². The Morgan fingerprint density at radius 1 is 1.47 bits per heavy atom. The van der Waals surface area contributed by atoms with E-state index in [1.54, 1.807) is 0 Å². The van der Waals surface area contributed by atoms with Gasteiger partial charge in [0.05, 0.1) is 7.11 Å². The molecule has 5 heteroatoms. The van der Waals surface area contributed by atoms with Crippen molar-refractivity contribution in [1.82, 2.24) is 0 Å². The van der Waals surface area contributed by atoms with Crippen LogP contribution in [-0.4, -0.2) is 19.6 Å². The molecule has 0 amide bonds. The highest BCUT2D eigenvalue weighted by molar-refractivity contribution is 7.20. The van der Waals surface area contributed by atoms with E-state index in [-0.39, 0.29) is 18.4 Å². The van der Waals surface area contributed by atoms with Gasteiger partial charge < -0.3 is 10.5 Å². The summed E-state index contributed by atoms with van der Waals surface area (Å²) in [5.74, 6) is -0.278. The highest BCUT2D eigenvalue weighted by Crippen LogP contribution is 2.28. The molecular formula is C12H14ClNO2S. The molecule has 0 radical (unpaired) electrons. The van der Waals surface area contributed by atoms with Crippen LogP contribution in [0.3, 0.4) is 0 Å². The van der Waals surface area contributed by atoms with Crippen LogP contribution in [0.15, 0.2) is 24.3 Å². The highest BCUT2D eigenvalue weighted by atomic mass is 35.5. The molecule has 0 aliphatic heterocycles. The summed E-state index contributed by atoms with van der Waals surface area (Å²) >= 11 is 1.45. The minimum atomic E-state index is -0.278. The fourth-order valence-corrected chi connectivity index (χ4v) is 2.72. The monoisotopic (exact) mass is 271 g/mol. The van der Waals surface area contributed by atoms with Crippen molar-refractivity contribution in [2.24, 2.45) is 5.73 Å². The van der Waals surface area contributed by atoms with Crippen molar-refractivity contribution in [3.8, 4) is 0 Å². The van der Waals surface area contributed by atoms with Crippen molar-refractivity contribution in [2.75, 3.05) is 13.7 Å². The molecule has 1 heterocycles. The Morgan fingerprint density at radius 3 is 2.88 bits per heavy atom. The van der Waals surface area contributed by atoms with E-state index < -0.39 is 0 Å². The predicted octanol–water partition coefficient (Wildman–Crippen LogP) is 2.61. The first-order valence-electron chi connectivity index (χ1n) is 5.06. The fraction of sp³-hybridized carbons (Fsp3) is 0.250. The molecule has 1 aromatic carbocycles. The van der Waals surface area contributed by atoms with Crippen LogP contribution in [0.1, 0.15) is 15.2 Å². The SMILES string of the molecule is COC(=O)c1cc2c(CCN)cccc2s1.Cl. The number of thiophene rings is 1. The summed E-state index contributed by atoms with van der Waals surface area (Å²) in [6.45, 7) is 0.614. The maximum Gasteiger partial charge on any atom is 0.348 e. The van der Waals surface area contributed by atoms with Gasteiger partial charge in [-0.05, 0) is 36.0 Å². The minimum absolute atomic E-state index is 0. The Hall–Kier alpha value is -1.10. The van der Waals surface area contributed by atoms with Crippen LogP contribution in [0.2, 0.25) is 0 Å². The number of halogens is 1. The van der Waals surface area contributed by atoms with Crippen molar-refractivity contribution in [1.29, 1.82) is 0 Å². The predicted molar refractivity (Wildman–Crippen MR) is 73.2 cm³/mol. The molecule has 0 bridgehead atoms. The largest absolute Gasteiger partial charge is 0.465 e. The number of ether oxygens (including phenoxy) is 1. The Morgan fingerprint density at radius 2 is 2.24 bits per heavy atom. The second-order valence-electron chi connectivity index (χ2n) is 3.47. The maximum atomic E-state index is 11.4. The molecule has 0 saturated carbocycles. The number of esters is 1. The number of carbonyl (C=O) groups is 1. The number of carbonyl (C=O) groups excluding carboxylic acids is 1. The summed E-state index contributed by atoms with van der Waals surface area (Å²) in [5, 5.41) is 1.11. The lowest BCUT2D eigenvalue weighted by Crippen LogP contribution is -2.02. The molecule has 92 valence electrons. The number of benzene rings is 1. The zero-order chi connectivity index (χ0) is 11.5. The summed E-state index contributed by atoms with van der Waals surface area (Å²) in [4.78, 5) is 12.1. The molecule has 3 nitrogen and oxygen atoms in total. The van der Waals surface area contributed by atoms with E-state index in [0.717, 1.165) is 16.5 Å². The molecule has 0 atom stereocenters. The number of hydrogen-bond donors (Lipinski definition) is 1. The van der Waals surface area contributed by atoms with Gasteiger partial charge in [0.15, 0.2) is 0 Å². The number of nitrogens with two attached hydrogens (primary N) is 1. The van der Waals surface area contributed by atoms with Crippen LogP contribution in [-0.2, 0) is 11.2 Å². The zero-order valence-corrected chi connectivity index (χ0v) is 11.1. The van der Waals surface area contributed by atoms with E-state index >= 15 is 0 Å². The highest BCUT2D eigenvalue weighted by Gasteiger charge is 2.11. The smallest absolute Gasteiger partial charge is 0.348 e. The molecular weight excluding hydrogens is 258 g/mol. The van der Waals surface area contributed by atoms with Crippen LogP contribution in [0.4, 0.5) is 0 Å². The van der Waals surface area contributed by atoms with Crippen molar-refractivity contribution in [3.63, 3.8) is 0 Å². The van der Waals surface area contributed by atoms with Gasteiger partial charge in [-0.1, -0.05) is 12.1 Å². The lowest BCUT2D eigenvalue weighted by Gasteiger charge is -1.99. The first-order chi connectivity index (χ1) is 7.76. The van der Waals surface area contributed by atoms with Gasteiger partial charge in [-0.15, -0.1) is 23.7 Å². The van der Waals surface area contributed by atoms with Gasteiger partial charge in [-0.3, -0.25) is 0 Å². The Labute approximate surface area is 110 Å². The molecule has 0 spiro atoms. The van der Waals surface area contributed by atoms with Gasteiger partial charge in [-0.2, -0.15) is 0 Å².